The standard InChI is InChI=1S/C16H15NO/c1-11-7-8-15(13(3)9-11)18-16-12(2)5-4-6-14(16)10-17/h4-9H,1-3H3. The van der Waals surface area contributed by atoms with Gasteiger partial charge in [-0.25, -0.2) is 0 Å². The first kappa shape index (κ1) is 12.2. The van der Waals surface area contributed by atoms with Gasteiger partial charge < -0.3 is 4.74 Å². The lowest BCUT2D eigenvalue weighted by atomic mass is 10.1. The van der Waals surface area contributed by atoms with Gasteiger partial charge in [-0.1, -0.05) is 29.8 Å². The second kappa shape index (κ2) is 4.93. The van der Waals surface area contributed by atoms with Crippen LogP contribution >= 0.6 is 0 Å². The fraction of sp³-hybridized carbons (Fsp3) is 0.188. The van der Waals surface area contributed by atoms with E-state index in [0.29, 0.717) is 11.3 Å². The molecule has 0 atom stereocenters. The zero-order chi connectivity index (χ0) is 13.1. The Labute approximate surface area is 107 Å². The lowest BCUT2D eigenvalue weighted by Crippen LogP contribution is -1.93. The van der Waals surface area contributed by atoms with E-state index in [0.717, 1.165) is 16.9 Å². The van der Waals surface area contributed by atoms with Gasteiger partial charge in [0, 0.05) is 0 Å². The molecule has 0 aliphatic carbocycles. The second-order valence-electron chi connectivity index (χ2n) is 4.43. The van der Waals surface area contributed by atoms with Crippen LogP contribution in [-0.2, 0) is 0 Å². The zero-order valence-corrected chi connectivity index (χ0v) is 10.8. The van der Waals surface area contributed by atoms with E-state index in [1.54, 1.807) is 6.07 Å². The molecule has 0 aliphatic rings. The predicted octanol–water partition coefficient (Wildman–Crippen LogP) is 4.28. The Kier molecular flexibility index (Phi) is 3.34. The fourth-order valence-corrected chi connectivity index (χ4v) is 1.90. The molecule has 0 amide bonds. The van der Waals surface area contributed by atoms with E-state index in [1.165, 1.54) is 5.56 Å². The van der Waals surface area contributed by atoms with Crippen molar-refractivity contribution in [1.29, 1.82) is 5.26 Å². The van der Waals surface area contributed by atoms with Crippen LogP contribution in [0.15, 0.2) is 36.4 Å². The number of hydrogen-bond donors (Lipinski definition) is 0. The van der Waals surface area contributed by atoms with Crippen LogP contribution in [0.3, 0.4) is 0 Å². The van der Waals surface area contributed by atoms with Crippen LogP contribution in [0.4, 0.5) is 0 Å². The highest BCUT2D eigenvalue weighted by molar-refractivity contribution is 5.51. The monoisotopic (exact) mass is 237 g/mol. The first-order valence-electron chi connectivity index (χ1n) is 5.86. The molecule has 0 bridgehead atoms. The summed E-state index contributed by atoms with van der Waals surface area (Å²) >= 11 is 0. The number of ether oxygens (including phenoxy) is 1. The fourth-order valence-electron chi connectivity index (χ4n) is 1.90. The zero-order valence-electron chi connectivity index (χ0n) is 10.8. The van der Waals surface area contributed by atoms with Gasteiger partial charge in [-0.05, 0) is 44.0 Å². The van der Waals surface area contributed by atoms with E-state index < -0.39 is 0 Å². The molecule has 0 unspecified atom stereocenters. The number of benzene rings is 2. The average molecular weight is 237 g/mol. The minimum absolute atomic E-state index is 0.565. The summed E-state index contributed by atoms with van der Waals surface area (Å²) in [5, 5.41) is 9.10. The van der Waals surface area contributed by atoms with Crippen molar-refractivity contribution in [3.63, 3.8) is 0 Å². The molecule has 2 nitrogen and oxygen atoms in total. The third-order valence-corrected chi connectivity index (χ3v) is 2.87. The van der Waals surface area contributed by atoms with E-state index in [-0.39, 0.29) is 0 Å². The molecule has 0 saturated heterocycles. The number of para-hydroxylation sites is 1. The van der Waals surface area contributed by atoms with E-state index in [2.05, 4.69) is 12.1 Å². The van der Waals surface area contributed by atoms with Crippen LogP contribution in [0.25, 0.3) is 0 Å². The highest BCUT2D eigenvalue weighted by Gasteiger charge is 2.09. The average Bonchev–Trinajstić information content (AvgIpc) is 2.34. The molecule has 0 aliphatic heterocycles. The number of aryl methyl sites for hydroxylation is 3. The summed E-state index contributed by atoms with van der Waals surface area (Å²) in [4.78, 5) is 0. The van der Waals surface area contributed by atoms with E-state index >= 15 is 0 Å². The second-order valence-corrected chi connectivity index (χ2v) is 4.43. The van der Waals surface area contributed by atoms with Crippen LogP contribution < -0.4 is 4.74 Å². The number of nitriles is 1. The first-order valence-corrected chi connectivity index (χ1v) is 5.86. The summed E-state index contributed by atoms with van der Waals surface area (Å²) in [5.41, 5.74) is 3.80. The molecule has 2 aromatic carbocycles. The van der Waals surface area contributed by atoms with Crippen LogP contribution in [0.2, 0.25) is 0 Å². The third kappa shape index (κ3) is 2.36. The van der Waals surface area contributed by atoms with E-state index in [4.69, 9.17) is 10.00 Å². The molecule has 0 aromatic heterocycles. The molecular weight excluding hydrogens is 222 g/mol. The Balaban J connectivity index is 2.43. The van der Waals surface area contributed by atoms with Gasteiger partial charge in [0.25, 0.3) is 0 Å². The number of nitrogens with zero attached hydrogens (tertiary/aromatic N) is 1. The van der Waals surface area contributed by atoms with Gasteiger partial charge in [-0.15, -0.1) is 0 Å². The highest BCUT2D eigenvalue weighted by Crippen LogP contribution is 2.30. The van der Waals surface area contributed by atoms with Gasteiger partial charge >= 0.3 is 0 Å². The molecule has 2 heteroatoms. The normalized spacial score (nSPS) is 9.89. The number of rotatable bonds is 2. The van der Waals surface area contributed by atoms with Gasteiger partial charge in [0.2, 0.25) is 0 Å². The maximum Gasteiger partial charge on any atom is 0.148 e. The van der Waals surface area contributed by atoms with E-state index in [1.807, 2.05) is 45.0 Å². The van der Waals surface area contributed by atoms with Crippen molar-refractivity contribution in [2.75, 3.05) is 0 Å². The Bertz CT molecular complexity index is 623. The lowest BCUT2D eigenvalue weighted by Gasteiger charge is -2.12. The summed E-state index contributed by atoms with van der Waals surface area (Å²) in [5.74, 6) is 1.44. The first-order chi connectivity index (χ1) is 8.61. The minimum atomic E-state index is 0.565. The molecule has 0 radical (unpaired) electrons. The summed E-state index contributed by atoms with van der Waals surface area (Å²) in [7, 11) is 0. The maximum atomic E-state index is 9.10. The largest absolute Gasteiger partial charge is 0.455 e. The van der Waals surface area contributed by atoms with Crippen molar-refractivity contribution in [1.82, 2.24) is 0 Å². The smallest absolute Gasteiger partial charge is 0.148 e. The van der Waals surface area contributed by atoms with Crippen molar-refractivity contribution in [3.8, 4) is 17.6 Å². The van der Waals surface area contributed by atoms with Crippen molar-refractivity contribution in [3.05, 3.63) is 58.7 Å². The summed E-state index contributed by atoms with van der Waals surface area (Å²) in [6.45, 7) is 6.00. The molecule has 0 N–H and O–H groups in total. The van der Waals surface area contributed by atoms with Crippen molar-refractivity contribution in [2.24, 2.45) is 0 Å². The molecule has 90 valence electrons. The maximum absolute atomic E-state index is 9.10. The van der Waals surface area contributed by atoms with Gasteiger partial charge in [-0.3, -0.25) is 0 Å². The van der Waals surface area contributed by atoms with Gasteiger partial charge in [0.1, 0.15) is 17.6 Å². The molecule has 2 aromatic rings. The van der Waals surface area contributed by atoms with Crippen molar-refractivity contribution < 1.29 is 4.74 Å². The van der Waals surface area contributed by atoms with Crippen LogP contribution in [0.5, 0.6) is 11.5 Å². The molecular formula is C16H15NO. The Morgan fingerprint density at radius 3 is 2.44 bits per heavy atom. The lowest BCUT2D eigenvalue weighted by molar-refractivity contribution is 0.473. The third-order valence-electron chi connectivity index (χ3n) is 2.87. The van der Waals surface area contributed by atoms with E-state index in [9.17, 15) is 0 Å². The quantitative estimate of drug-likeness (QED) is 0.781. The summed E-state index contributed by atoms with van der Waals surface area (Å²) in [6.07, 6.45) is 0. The van der Waals surface area contributed by atoms with Crippen molar-refractivity contribution >= 4 is 0 Å². The molecule has 0 saturated carbocycles. The molecule has 18 heavy (non-hydrogen) atoms. The van der Waals surface area contributed by atoms with Crippen molar-refractivity contribution in [2.45, 2.75) is 20.8 Å². The van der Waals surface area contributed by atoms with Crippen LogP contribution in [-0.4, -0.2) is 0 Å². The predicted molar refractivity (Wildman–Crippen MR) is 71.9 cm³/mol. The molecule has 0 heterocycles. The van der Waals surface area contributed by atoms with Gasteiger partial charge in [0.05, 0.1) is 5.56 Å². The Morgan fingerprint density at radius 1 is 1.00 bits per heavy atom. The molecule has 2 rings (SSSR count). The summed E-state index contributed by atoms with van der Waals surface area (Å²) < 4.78 is 5.89. The molecule has 0 spiro atoms. The van der Waals surface area contributed by atoms with Crippen LogP contribution in [0.1, 0.15) is 22.3 Å². The van der Waals surface area contributed by atoms with Gasteiger partial charge in [0.15, 0.2) is 0 Å². The highest BCUT2D eigenvalue weighted by atomic mass is 16.5. The number of hydrogen-bond acceptors (Lipinski definition) is 2. The topological polar surface area (TPSA) is 33.0 Å². The molecule has 0 fully saturated rings. The Hall–Kier alpha value is -2.27. The van der Waals surface area contributed by atoms with Gasteiger partial charge in [-0.2, -0.15) is 5.26 Å². The Morgan fingerprint density at radius 2 is 1.78 bits per heavy atom. The minimum Gasteiger partial charge on any atom is -0.455 e. The van der Waals surface area contributed by atoms with Crippen LogP contribution in [0, 0.1) is 32.1 Å². The summed E-state index contributed by atoms with van der Waals surface area (Å²) in [6, 6.07) is 13.8. The SMILES string of the molecule is Cc1ccc(Oc2c(C)cccc2C#N)c(C)c1.